The molecule has 0 aromatic heterocycles. The van der Waals surface area contributed by atoms with Crippen molar-refractivity contribution in [3.63, 3.8) is 0 Å². The van der Waals surface area contributed by atoms with Gasteiger partial charge in [0, 0.05) is 22.1 Å². The minimum Gasteiger partial charge on any atom is -0.350 e. The Hall–Kier alpha value is -0.580. The van der Waals surface area contributed by atoms with Crippen LogP contribution >= 0.6 is 27.5 Å². The average Bonchev–Trinajstić information content (AvgIpc) is 2.37. The number of carbonyl (C=O) groups excluding carboxylic acids is 1. The summed E-state index contributed by atoms with van der Waals surface area (Å²) in [7, 11) is 2.12. The van der Waals surface area contributed by atoms with Gasteiger partial charge in [-0.05, 0) is 60.6 Å². The Morgan fingerprint density at radius 1 is 1.53 bits per heavy atom. The molecule has 0 aliphatic carbocycles. The summed E-state index contributed by atoms with van der Waals surface area (Å²) >= 11 is 9.24. The zero-order valence-electron chi connectivity index (χ0n) is 11.0. The predicted octanol–water partition coefficient (Wildman–Crippen LogP) is 3.32. The molecule has 1 N–H and O–H groups in total. The van der Waals surface area contributed by atoms with Gasteiger partial charge in [0.15, 0.2) is 0 Å². The summed E-state index contributed by atoms with van der Waals surface area (Å²) in [6.07, 6.45) is 3.65. The fraction of sp³-hybridized carbons (Fsp3) is 0.500. The first-order chi connectivity index (χ1) is 9.08. The maximum absolute atomic E-state index is 12.1. The average molecular weight is 346 g/mol. The van der Waals surface area contributed by atoms with E-state index in [1.54, 1.807) is 18.2 Å². The van der Waals surface area contributed by atoms with Crippen molar-refractivity contribution in [2.75, 3.05) is 20.1 Å². The normalized spacial score (nSPS) is 20.3. The lowest BCUT2D eigenvalue weighted by Gasteiger charge is -2.32. The number of rotatable bonds is 3. The Morgan fingerprint density at radius 2 is 2.32 bits per heavy atom. The van der Waals surface area contributed by atoms with Crippen molar-refractivity contribution < 1.29 is 4.79 Å². The number of nitrogens with one attached hydrogen (secondary N) is 1. The van der Waals surface area contributed by atoms with E-state index >= 15 is 0 Å². The van der Waals surface area contributed by atoms with Crippen LogP contribution in [0, 0.1) is 0 Å². The van der Waals surface area contributed by atoms with E-state index in [0.717, 1.165) is 17.4 Å². The molecule has 1 aliphatic rings. The van der Waals surface area contributed by atoms with E-state index in [0.29, 0.717) is 23.2 Å². The topological polar surface area (TPSA) is 32.3 Å². The molecule has 0 bridgehead atoms. The molecule has 2 rings (SSSR count). The van der Waals surface area contributed by atoms with Crippen molar-refractivity contribution in [2.24, 2.45) is 0 Å². The summed E-state index contributed by atoms with van der Waals surface area (Å²) in [5.74, 6) is -0.0532. The summed E-state index contributed by atoms with van der Waals surface area (Å²) in [5.41, 5.74) is 0.628. The monoisotopic (exact) mass is 344 g/mol. The molecule has 5 heteroatoms. The molecule has 1 aromatic carbocycles. The molecule has 1 unspecified atom stereocenters. The van der Waals surface area contributed by atoms with E-state index < -0.39 is 0 Å². The van der Waals surface area contributed by atoms with Crippen LogP contribution in [-0.4, -0.2) is 37.0 Å². The molecule has 0 spiro atoms. The molecule has 104 valence electrons. The van der Waals surface area contributed by atoms with E-state index in [1.165, 1.54) is 12.8 Å². The first kappa shape index (κ1) is 14.8. The van der Waals surface area contributed by atoms with E-state index in [-0.39, 0.29) is 5.91 Å². The molecule has 1 amide bonds. The summed E-state index contributed by atoms with van der Waals surface area (Å²) in [4.78, 5) is 14.4. The van der Waals surface area contributed by atoms with Gasteiger partial charge in [-0.1, -0.05) is 18.0 Å². The number of hydrogen-bond donors (Lipinski definition) is 1. The second-order valence-corrected chi connectivity index (χ2v) is 6.26. The SMILES string of the molecule is CN1CCCCC1CNC(=O)c1ccc(Cl)cc1Br. The number of likely N-dealkylation sites (tertiary alicyclic amines) is 1. The van der Waals surface area contributed by atoms with Crippen LogP contribution in [0.5, 0.6) is 0 Å². The van der Waals surface area contributed by atoms with Crippen LogP contribution in [-0.2, 0) is 0 Å². The Balaban J connectivity index is 1.93. The van der Waals surface area contributed by atoms with Crippen LogP contribution in [0.2, 0.25) is 5.02 Å². The zero-order valence-corrected chi connectivity index (χ0v) is 13.3. The number of hydrogen-bond acceptors (Lipinski definition) is 2. The molecule has 1 aliphatic heterocycles. The van der Waals surface area contributed by atoms with Gasteiger partial charge in [0.1, 0.15) is 0 Å². The quantitative estimate of drug-likeness (QED) is 0.911. The molecular weight excluding hydrogens is 328 g/mol. The zero-order chi connectivity index (χ0) is 13.8. The van der Waals surface area contributed by atoms with Crippen molar-refractivity contribution >= 4 is 33.4 Å². The molecule has 0 radical (unpaired) electrons. The number of carbonyl (C=O) groups is 1. The Morgan fingerprint density at radius 3 is 3.00 bits per heavy atom. The van der Waals surface area contributed by atoms with Gasteiger partial charge in [0.25, 0.3) is 5.91 Å². The number of halogens is 2. The fourth-order valence-corrected chi connectivity index (χ4v) is 3.24. The van der Waals surface area contributed by atoms with Crippen LogP contribution < -0.4 is 5.32 Å². The van der Waals surface area contributed by atoms with Crippen molar-refractivity contribution in [3.05, 3.63) is 33.3 Å². The van der Waals surface area contributed by atoms with Gasteiger partial charge in [-0.2, -0.15) is 0 Å². The van der Waals surface area contributed by atoms with Gasteiger partial charge in [-0.15, -0.1) is 0 Å². The number of piperidine rings is 1. The summed E-state index contributed by atoms with van der Waals surface area (Å²) in [5, 5.41) is 3.63. The molecule has 0 saturated carbocycles. The highest BCUT2D eigenvalue weighted by Crippen LogP contribution is 2.21. The van der Waals surface area contributed by atoms with E-state index in [2.05, 4.69) is 33.2 Å². The van der Waals surface area contributed by atoms with Crippen molar-refractivity contribution in [3.8, 4) is 0 Å². The summed E-state index contributed by atoms with van der Waals surface area (Å²) in [6.45, 7) is 1.82. The molecule has 1 fully saturated rings. The Kier molecular flexibility index (Phi) is 5.25. The standard InChI is InChI=1S/C14H18BrClN2O/c1-18-7-3-2-4-11(18)9-17-14(19)12-6-5-10(16)8-13(12)15/h5-6,8,11H,2-4,7,9H2,1H3,(H,17,19). The number of nitrogens with zero attached hydrogens (tertiary/aromatic N) is 1. The largest absolute Gasteiger partial charge is 0.350 e. The van der Waals surface area contributed by atoms with Crippen LogP contribution in [0.25, 0.3) is 0 Å². The highest BCUT2D eigenvalue weighted by atomic mass is 79.9. The number of amides is 1. The van der Waals surface area contributed by atoms with Crippen molar-refractivity contribution in [1.82, 2.24) is 10.2 Å². The van der Waals surface area contributed by atoms with Crippen molar-refractivity contribution in [1.29, 1.82) is 0 Å². The highest BCUT2D eigenvalue weighted by Gasteiger charge is 2.20. The fourth-order valence-electron chi connectivity index (χ4n) is 2.38. The van der Waals surface area contributed by atoms with Gasteiger partial charge < -0.3 is 10.2 Å². The van der Waals surface area contributed by atoms with Gasteiger partial charge in [-0.25, -0.2) is 0 Å². The Bertz CT molecular complexity index is 467. The van der Waals surface area contributed by atoms with E-state index in [1.807, 2.05) is 0 Å². The van der Waals surface area contributed by atoms with Crippen LogP contribution in [0.1, 0.15) is 29.6 Å². The van der Waals surface area contributed by atoms with Crippen LogP contribution in [0.3, 0.4) is 0 Å². The van der Waals surface area contributed by atoms with Gasteiger partial charge >= 0.3 is 0 Å². The molecule has 3 nitrogen and oxygen atoms in total. The minimum atomic E-state index is -0.0532. The smallest absolute Gasteiger partial charge is 0.252 e. The lowest BCUT2D eigenvalue weighted by atomic mass is 10.0. The molecule has 1 atom stereocenters. The van der Waals surface area contributed by atoms with Crippen LogP contribution in [0.4, 0.5) is 0 Å². The first-order valence-corrected chi connectivity index (χ1v) is 7.68. The maximum atomic E-state index is 12.1. The molecule has 19 heavy (non-hydrogen) atoms. The molecule has 1 aromatic rings. The number of likely N-dealkylation sites (N-methyl/N-ethyl adjacent to an activating group) is 1. The lowest BCUT2D eigenvalue weighted by Crippen LogP contribution is -2.44. The van der Waals surface area contributed by atoms with Gasteiger partial charge in [-0.3, -0.25) is 4.79 Å². The van der Waals surface area contributed by atoms with Crippen molar-refractivity contribution in [2.45, 2.75) is 25.3 Å². The first-order valence-electron chi connectivity index (χ1n) is 6.51. The van der Waals surface area contributed by atoms with Gasteiger partial charge in [0.2, 0.25) is 0 Å². The summed E-state index contributed by atoms with van der Waals surface area (Å²) in [6, 6.07) is 5.66. The lowest BCUT2D eigenvalue weighted by molar-refractivity contribution is 0.0928. The molecule has 1 saturated heterocycles. The third kappa shape index (κ3) is 3.94. The maximum Gasteiger partial charge on any atom is 0.252 e. The number of benzene rings is 1. The van der Waals surface area contributed by atoms with Crippen LogP contribution in [0.15, 0.2) is 22.7 Å². The second-order valence-electron chi connectivity index (χ2n) is 4.96. The minimum absolute atomic E-state index is 0.0532. The Labute approximate surface area is 127 Å². The molecule has 1 heterocycles. The third-order valence-electron chi connectivity index (χ3n) is 3.60. The predicted molar refractivity (Wildman–Crippen MR) is 81.8 cm³/mol. The van der Waals surface area contributed by atoms with E-state index in [9.17, 15) is 4.79 Å². The second kappa shape index (κ2) is 6.73. The highest BCUT2D eigenvalue weighted by molar-refractivity contribution is 9.10. The van der Waals surface area contributed by atoms with Gasteiger partial charge in [0.05, 0.1) is 5.56 Å². The van der Waals surface area contributed by atoms with E-state index in [4.69, 9.17) is 11.6 Å². The molecular formula is C14H18BrClN2O. The summed E-state index contributed by atoms with van der Waals surface area (Å²) < 4.78 is 0.731. The third-order valence-corrected chi connectivity index (χ3v) is 4.49.